The van der Waals surface area contributed by atoms with E-state index in [9.17, 15) is 4.79 Å². The summed E-state index contributed by atoms with van der Waals surface area (Å²) in [4.78, 5) is 10.7. The van der Waals surface area contributed by atoms with Gasteiger partial charge in [-0.25, -0.2) is 0 Å². The third-order valence-electron chi connectivity index (χ3n) is 1.41. The third-order valence-corrected chi connectivity index (χ3v) is 1.41. The molecule has 0 rings (SSSR count). The average molecular weight is 180 g/mol. The van der Waals surface area contributed by atoms with Gasteiger partial charge in [0, 0.05) is 0 Å². The first kappa shape index (κ1) is 13.1. The number of hydrogen-bond acceptors (Lipinski definition) is 3. The predicted molar refractivity (Wildman–Crippen MR) is 46.6 cm³/mol. The van der Waals surface area contributed by atoms with Crippen molar-refractivity contribution in [3.63, 3.8) is 0 Å². The van der Waals surface area contributed by atoms with Crippen LogP contribution in [0.4, 0.5) is 0 Å². The molecular weight excluding hydrogens is 166 g/mol. The molecule has 0 aliphatic heterocycles. The molecule has 0 saturated carbocycles. The lowest BCUT2D eigenvalue weighted by Gasteiger charge is -2.12. The number of carbonyl (C=O) groups excluding carboxylic acids is 1. The topological polar surface area (TPSA) is 52.3 Å². The minimum absolute atomic E-state index is 0. The molecule has 0 heterocycles. The molecule has 0 aliphatic carbocycles. The van der Waals surface area contributed by atoms with Crippen molar-refractivity contribution in [3.05, 3.63) is 12.7 Å². The smallest absolute Gasteiger partial charge is 0.323 e. The van der Waals surface area contributed by atoms with Gasteiger partial charge in [0.25, 0.3) is 0 Å². The average Bonchev–Trinajstić information content (AvgIpc) is 2.00. The highest BCUT2D eigenvalue weighted by Gasteiger charge is 2.18. The summed E-state index contributed by atoms with van der Waals surface area (Å²) in [6.07, 6.45) is 1.63. The summed E-state index contributed by atoms with van der Waals surface area (Å²) in [6, 6.07) is -0.581. The molecule has 0 amide bonds. The van der Waals surface area contributed by atoms with Gasteiger partial charge in [-0.3, -0.25) is 4.79 Å². The summed E-state index contributed by atoms with van der Waals surface area (Å²) < 4.78 is 4.42. The molecule has 0 fully saturated rings. The largest absolute Gasteiger partial charge is 0.468 e. The number of hydrogen-bond donors (Lipinski definition) is 1. The van der Waals surface area contributed by atoms with Crippen LogP contribution >= 0.6 is 12.4 Å². The molecule has 2 N–H and O–H groups in total. The molecular formula is C7H14ClNO2. The van der Waals surface area contributed by atoms with Crippen LogP contribution in [-0.4, -0.2) is 19.1 Å². The number of nitrogens with two attached hydrogens (primary N) is 1. The van der Waals surface area contributed by atoms with E-state index in [4.69, 9.17) is 5.73 Å². The molecule has 0 bridgehead atoms. The second-order valence-electron chi connectivity index (χ2n) is 2.14. The van der Waals surface area contributed by atoms with Crippen molar-refractivity contribution in [2.45, 2.75) is 13.0 Å². The Morgan fingerprint density at radius 3 is 2.45 bits per heavy atom. The van der Waals surface area contributed by atoms with Crippen molar-refractivity contribution in [1.82, 2.24) is 0 Å². The predicted octanol–water partition coefficient (Wildman–Crippen LogP) is 0.731. The third kappa shape index (κ3) is 4.01. The van der Waals surface area contributed by atoms with E-state index in [1.54, 1.807) is 6.08 Å². The van der Waals surface area contributed by atoms with Gasteiger partial charge in [0.05, 0.1) is 7.11 Å². The molecule has 2 atom stereocenters. The lowest BCUT2D eigenvalue weighted by Crippen LogP contribution is -2.36. The Morgan fingerprint density at radius 1 is 1.73 bits per heavy atom. The van der Waals surface area contributed by atoms with Crippen LogP contribution in [0, 0.1) is 5.92 Å². The van der Waals surface area contributed by atoms with Gasteiger partial charge < -0.3 is 10.5 Å². The van der Waals surface area contributed by atoms with E-state index in [0.717, 1.165) is 0 Å². The minimum Gasteiger partial charge on any atom is -0.468 e. The monoisotopic (exact) mass is 179 g/mol. The fourth-order valence-corrected chi connectivity index (χ4v) is 0.497. The fraction of sp³-hybridized carbons (Fsp3) is 0.571. The molecule has 3 nitrogen and oxygen atoms in total. The number of halogens is 1. The van der Waals surface area contributed by atoms with Crippen LogP contribution in [0.25, 0.3) is 0 Å². The van der Waals surface area contributed by atoms with Gasteiger partial charge in [-0.2, -0.15) is 0 Å². The highest BCUT2D eigenvalue weighted by Crippen LogP contribution is 2.01. The van der Waals surface area contributed by atoms with Crippen LogP contribution in [0.3, 0.4) is 0 Å². The van der Waals surface area contributed by atoms with Crippen molar-refractivity contribution < 1.29 is 9.53 Å². The maximum atomic E-state index is 10.7. The Morgan fingerprint density at radius 2 is 2.18 bits per heavy atom. The molecule has 4 heteroatoms. The van der Waals surface area contributed by atoms with E-state index >= 15 is 0 Å². The summed E-state index contributed by atoms with van der Waals surface area (Å²) in [5.74, 6) is -0.431. The molecule has 11 heavy (non-hydrogen) atoms. The van der Waals surface area contributed by atoms with Crippen LogP contribution in [-0.2, 0) is 9.53 Å². The van der Waals surface area contributed by atoms with Crippen LogP contribution in [0.5, 0.6) is 0 Å². The molecule has 0 radical (unpaired) electrons. The summed E-state index contributed by atoms with van der Waals surface area (Å²) in [5, 5.41) is 0. The standard InChI is InChI=1S/C7H13NO2.ClH/c1-4-5(2)6(8)7(9)10-3;/h4-6H,1,8H2,2-3H3;1H/t5-,6+;/m0./s1. The van der Waals surface area contributed by atoms with Crippen molar-refractivity contribution in [1.29, 1.82) is 0 Å². The Kier molecular flexibility index (Phi) is 7.36. The molecule has 0 aromatic carbocycles. The lowest BCUT2D eigenvalue weighted by molar-refractivity contribution is -0.142. The van der Waals surface area contributed by atoms with Gasteiger partial charge in [-0.1, -0.05) is 13.0 Å². The zero-order valence-corrected chi connectivity index (χ0v) is 7.56. The molecule has 0 unspecified atom stereocenters. The van der Waals surface area contributed by atoms with Crippen molar-refractivity contribution in [3.8, 4) is 0 Å². The first-order valence-electron chi connectivity index (χ1n) is 3.09. The first-order chi connectivity index (χ1) is 4.63. The van der Waals surface area contributed by atoms with Gasteiger partial charge in [-0.15, -0.1) is 19.0 Å². The van der Waals surface area contributed by atoms with Gasteiger partial charge in [-0.05, 0) is 5.92 Å². The normalized spacial score (nSPS) is 14.1. The van der Waals surface area contributed by atoms with Gasteiger partial charge in [0.1, 0.15) is 6.04 Å². The van der Waals surface area contributed by atoms with Gasteiger partial charge in [0.2, 0.25) is 0 Å². The number of esters is 1. The maximum absolute atomic E-state index is 10.7. The molecule has 0 saturated heterocycles. The molecule has 0 aliphatic rings. The highest BCUT2D eigenvalue weighted by atomic mass is 35.5. The number of carbonyl (C=O) groups is 1. The van der Waals surface area contributed by atoms with E-state index in [1.165, 1.54) is 7.11 Å². The molecule has 0 aromatic rings. The van der Waals surface area contributed by atoms with Gasteiger partial charge >= 0.3 is 5.97 Å². The summed E-state index contributed by atoms with van der Waals surface area (Å²) in [7, 11) is 1.32. The summed E-state index contributed by atoms with van der Waals surface area (Å²) in [5.41, 5.74) is 5.44. The Hall–Kier alpha value is -0.540. The molecule has 0 aromatic heterocycles. The van der Waals surface area contributed by atoms with Crippen LogP contribution < -0.4 is 5.73 Å². The number of rotatable bonds is 3. The Balaban J connectivity index is 0. The zero-order valence-electron chi connectivity index (χ0n) is 6.74. The van der Waals surface area contributed by atoms with Crippen molar-refractivity contribution in [2.75, 3.05) is 7.11 Å². The van der Waals surface area contributed by atoms with Crippen LogP contribution in [0.2, 0.25) is 0 Å². The van der Waals surface area contributed by atoms with Crippen LogP contribution in [0.1, 0.15) is 6.92 Å². The number of methoxy groups -OCH3 is 1. The van der Waals surface area contributed by atoms with E-state index in [1.807, 2.05) is 6.92 Å². The fourth-order valence-electron chi connectivity index (χ4n) is 0.497. The Labute approximate surface area is 73.0 Å². The molecule has 0 spiro atoms. The summed E-state index contributed by atoms with van der Waals surface area (Å²) >= 11 is 0. The van der Waals surface area contributed by atoms with E-state index in [2.05, 4.69) is 11.3 Å². The maximum Gasteiger partial charge on any atom is 0.323 e. The zero-order chi connectivity index (χ0) is 8.15. The quantitative estimate of drug-likeness (QED) is 0.514. The van der Waals surface area contributed by atoms with Crippen molar-refractivity contribution >= 4 is 18.4 Å². The van der Waals surface area contributed by atoms with Gasteiger partial charge in [0.15, 0.2) is 0 Å². The van der Waals surface area contributed by atoms with E-state index in [-0.39, 0.29) is 18.3 Å². The number of ether oxygens (including phenoxy) is 1. The Bertz CT molecular complexity index is 138. The molecule has 66 valence electrons. The lowest BCUT2D eigenvalue weighted by atomic mass is 10.0. The second kappa shape index (κ2) is 6.19. The van der Waals surface area contributed by atoms with E-state index in [0.29, 0.717) is 0 Å². The van der Waals surface area contributed by atoms with Crippen LogP contribution in [0.15, 0.2) is 12.7 Å². The first-order valence-corrected chi connectivity index (χ1v) is 3.09. The van der Waals surface area contributed by atoms with E-state index < -0.39 is 12.0 Å². The highest BCUT2D eigenvalue weighted by molar-refractivity contribution is 5.85. The van der Waals surface area contributed by atoms with Crippen molar-refractivity contribution in [2.24, 2.45) is 11.7 Å². The second-order valence-corrected chi connectivity index (χ2v) is 2.14. The SMILES string of the molecule is C=C[C@H](C)[C@@H](N)C(=O)OC.Cl. The minimum atomic E-state index is -0.581. The summed E-state index contributed by atoms with van der Waals surface area (Å²) in [6.45, 7) is 5.32.